The molecule has 3 unspecified atom stereocenters. The van der Waals surface area contributed by atoms with Gasteiger partial charge >= 0.3 is 0 Å². The molecule has 1 saturated carbocycles. The highest BCUT2D eigenvalue weighted by molar-refractivity contribution is 5.88. The molecule has 3 atom stereocenters. The van der Waals surface area contributed by atoms with E-state index < -0.39 is 0 Å². The lowest BCUT2D eigenvalue weighted by Crippen LogP contribution is -2.34. The number of amides is 1. The SMILES string of the molecule is Cc1cc2occ(CC(=O)N3CC4CCC(N)C4C3)c2cc1C(C)C.Cl. The Hall–Kier alpha value is -1.52. The summed E-state index contributed by atoms with van der Waals surface area (Å²) in [6.45, 7) is 8.23. The zero-order valence-corrected chi connectivity index (χ0v) is 16.6. The van der Waals surface area contributed by atoms with Crippen LogP contribution in [-0.2, 0) is 11.2 Å². The molecule has 0 bridgehead atoms. The summed E-state index contributed by atoms with van der Waals surface area (Å²) in [7, 11) is 0. The van der Waals surface area contributed by atoms with E-state index in [2.05, 4.69) is 32.9 Å². The van der Waals surface area contributed by atoms with Gasteiger partial charge < -0.3 is 15.1 Å². The highest BCUT2D eigenvalue weighted by Crippen LogP contribution is 2.37. The Morgan fingerprint density at radius 3 is 2.77 bits per heavy atom. The third kappa shape index (κ3) is 3.25. The summed E-state index contributed by atoms with van der Waals surface area (Å²) in [6.07, 6.45) is 4.46. The molecule has 1 saturated heterocycles. The van der Waals surface area contributed by atoms with Crippen molar-refractivity contribution in [1.29, 1.82) is 0 Å². The number of fused-ring (bicyclic) bond motifs is 2. The van der Waals surface area contributed by atoms with Crippen molar-refractivity contribution in [3.05, 3.63) is 35.1 Å². The fourth-order valence-electron chi connectivity index (χ4n) is 4.79. The van der Waals surface area contributed by atoms with Gasteiger partial charge in [0.2, 0.25) is 5.91 Å². The average molecular weight is 377 g/mol. The minimum absolute atomic E-state index is 0. The maximum Gasteiger partial charge on any atom is 0.227 e. The fourth-order valence-corrected chi connectivity index (χ4v) is 4.79. The van der Waals surface area contributed by atoms with Gasteiger partial charge in [-0.3, -0.25) is 4.79 Å². The molecular formula is C21H29ClN2O2. The summed E-state index contributed by atoms with van der Waals surface area (Å²) < 4.78 is 5.73. The molecule has 1 aliphatic heterocycles. The first-order chi connectivity index (χ1) is 11.9. The summed E-state index contributed by atoms with van der Waals surface area (Å²) in [5, 5.41) is 1.08. The second-order valence-electron chi connectivity index (χ2n) is 8.26. The van der Waals surface area contributed by atoms with E-state index >= 15 is 0 Å². The molecule has 26 heavy (non-hydrogen) atoms. The summed E-state index contributed by atoms with van der Waals surface area (Å²) in [4.78, 5) is 14.8. The molecule has 142 valence electrons. The highest BCUT2D eigenvalue weighted by Gasteiger charge is 2.42. The predicted octanol–water partition coefficient (Wildman–Crippen LogP) is 4.02. The molecule has 1 aromatic heterocycles. The van der Waals surface area contributed by atoms with Crippen molar-refractivity contribution in [1.82, 2.24) is 4.90 Å². The van der Waals surface area contributed by atoms with Gasteiger partial charge in [0.05, 0.1) is 12.7 Å². The summed E-state index contributed by atoms with van der Waals surface area (Å²) in [5.74, 6) is 1.77. The van der Waals surface area contributed by atoms with Gasteiger partial charge in [-0.05, 0) is 60.8 Å². The van der Waals surface area contributed by atoms with E-state index in [0.29, 0.717) is 24.2 Å². The van der Waals surface area contributed by atoms with E-state index in [4.69, 9.17) is 10.2 Å². The first-order valence-corrected chi connectivity index (χ1v) is 9.48. The lowest BCUT2D eigenvalue weighted by atomic mass is 9.95. The number of carbonyl (C=O) groups excluding carboxylic acids is 1. The number of hydrogen-bond acceptors (Lipinski definition) is 3. The maximum absolute atomic E-state index is 12.8. The zero-order chi connectivity index (χ0) is 17.7. The van der Waals surface area contributed by atoms with Crippen LogP contribution in [-0.4, -0.2) is 29.9 Å². The van der Waals surface area contributed by atoms with Crippen LogP contribution in [0.5, 0.6) is 0 Å². The van der Waals surface area contributed by atoms with Crippen LogP contribution in [0, 0.1) is 18.8 Å². The van der Waals surface area contributed by atoms with Crippen molar-refractivity contribution in [3.8, 4) is 0 Å². The van der Waals surface area contributed by atoms with Gasteiger partial charge in [-0.1, -0.05) is 13.8 Å². The van der Waals surface area contributed by atoms with Crippen LogP contribution in [0.25, 0.3) is 11.0 Å². The largest absolute Gasteiger partial charge is 0.464 e. The summed E-state index contributed by atoms with van der Waals surface area (Å²) >= 11 is 0. The molecule has 2 aromatic rings. The molecule has 0 radical (unpaired) electrons. The van der Waals surface area contributed by atoms with Gasteiger partial charge in [-0.15, -0.1) is 12.4 Å². The minimum atomic E-state index is 0. The molecule has 0 spiro atoms. The normalized spacial score (nSPS) is 25.0. The Morgan fingerprint density at radius 2 is 2.08 bits per heavy atom. The highest BCUT2D eigenvalue weighted by atomic mass is 35.5. The van der Waals surface area contributed by atoms with E-state index in [1.165, 1.54) is 17.5 Å². The monoisotopic (exact) mass is 376 g/mol. The minimum Gasteiger partial charge on any atom is -0.464 e. The summed E-state index contributed by atoms with van der Waals surface area (Å²) in [6, 6.07) is 4.57. The van der Waals surface area contributed by atoms with Crippen molar-refractivity contribution >= 4 is 29.3 Å². The van der Waals surface area contributed by atoms with Gasteiger partial charge in [0.25, 0.3) is 0 Å². The number of rotatable bonds is 3. The molecule has 1 amide bonds. The molecule has 4 rings (SSSR count). The van der Waals surface area contributed by atoms with E-state index in [-0.39, 0.29) is 24.4 Å². The van der Waals surface area contributed by atoms with Gasteiger partial charge in [0.15, 0.2) is 0 Å². The molecule has 5 heteroatoms. The number of aryl methyl sites for hydroxylation is 1. The number of nitrogens with two attached hydrogens (primary N) is 1. The third-order valence-electron chi connectivity index (χ3n) is 6.27. The molecule has 1 aliphatic carbocycles. The number of halogens is 1. The number of hydrogen-bond donors (Lipinski definition) is 1. The quantitative estimate of drug-likeness (QED) is 0.879. The van der Waals surface area contributed by atoms with E-state index in [0.717, 1.165) is 36.0 Å². The number of likely N-dealkylation sites (tertiary alicyclic amines) is 1. The zero-order valence-electron chi connectivity index (χ0n) is 15.8. The van der Waals surface area contributed by atoms with Crippen molar-refractivity contribution in [2.24, 2.45) is 17.6 Å². The van der Waals surface area contributed by atoms with E-state index in [1.807, 2.05) is 4.90 Å². The Kier molecular flexibility index (Phi) is 5.36. The molecular weight excluding hydrogens is 348 g/mol. The molecule has 1 aromatic carbocycles. The van der Waals surface area contributed by atoms with Crippen LogP contribution in [0.2, 0.25) is 0 Å². The van der Waals surface area contributed by atoms with Gasteiger partial charge in [0, 0.05) is 30.1 Å². The molecule has 2 aliphatic rings. The van der Waals surface area contributed by atoms with Crippen molar-refractivity contribution < 1.29 is 9.21 Å². The Labute approximate surface area is 161 Å². The second-order valence-corrected chi connectivity index (χ2v) is 8.26. The Balaban J connectivity index is 0.00000196. The fraction of sp³-hybridized carbons (Fsp3) is 0.571. The smallest absolute Gasteiger partial charge is 0.227 e. The van der Waals surface area contributed by atoms with Crippen LogP contribution in [0.4, 0.5) is 0 Å². The van der Waals surface area contributed by atoms with Gasteiger partial charge in [0.1, 0.15) is 5.58 Å². The Bertz CT molecular complexity index is 814. The Morgan fingerprint density at radius 1 is 1.31 bits per heavy atom. The third-order valence-corrected chi connectivity index (χ3v) is 6.27. The molecule has 2 fully saturated rings. The van der Waals surface area contributed by atoms with Crippen LogP contribution >= 0.6 is 12.4 Å². The molecule has 4 nitrogen and oxygen atoms in total. The topological polar surface area (TPSA) is 59.5 Å². The van der Waals surface area contributed by atoms with Crippen LogP contribution in [0.3, 0.4) is 0 Å². The van der Waals surface area contributed by atoms with E-state index in [1.54, 1.807) is 6.26 Å². The van der Waals surface area contributed by atoms with E-state index in [9.17, 15) is 4.79 Å². The number of furan rings is 1. The van der Waals surface area contributed by atoms with Crippen molar-refractivity contribution in [3.63, 3.8) is 0 Å². The molecule has 2 heterocycles. The van der Waals surface area contributed by atoms with Gasteiger partial charge in [-0.2, -0.15) is 0 Å². The predicted molar refractivity (Wildman–Crippen MR) is 107 cm³/mol. The number of nitrogens with zero attached hydrogens (tertiary/aromatic N) is 1. The van der Waals surface area contributed by atoms with Crippen LogP contribution < -0.4 is 5.73 Å². The first-order valence-electron chi connectivity index (χ1n) is 9.48. The first kappa shape index (κ1) is 19.2. The number of carbonyl (C=O) groups is 1. The summed E-state index contributed by atoms with van der Waals surface area (Å²) in [5.41, 5.74) is 10.7. The average Bonchev–Trinajstić information content (AvgIpc) is 3.23. The second kappa shape index (κ2) is 7.24. The molecule has 2 N–H and O–H groups in total. The standard InChI is InChI=1S/C21H28N2O2.ClH/c1-12(2)16-8-17-15(11-25-20(17)6-13(16)3)7-21(24)23-9-14-4-5-19(22)18(14)10-23;/h6,8,11-12,14,18-19H,4-5,7,9-10,22H2,1-3H3;1H. The van der Waals surface area contributed by atoms with Crippen molar-refractivity contribution in [2.45, 2.75) is 52.0 Å². The lowest BCUT2D eigenvalue weighted by Gasteiger charge is -2.18. The maximum atomic E-state index is 12.8. The van der Waals surface area contributed by atoms with Crippen LogP contribution in [0.1, 0.15) is 49.3 Å². The van der Waals surface area contributed by atoms with Crippen molar-refractivity contribution in [2.75, 3.05) is 13.1 Å². The number of benzene rings is 1. The van der Waals surface area contributed by atoms with Gasteiger partial charge in [-0.25, -0.2) is 0 Å². The van der Waals surface area contributed by atoms with Crippen LogP contribution in [0.15, 0.2) is 22.8 Å². The lowest BCUT2D eigenvalue weighted by molar-refractivity contribution is -0.129.